The maximum Gasteiger partial charge on any atom is 0.315 e. The van der Waals surface area contributed by atoms with Gasteiger partial charge in [0.2, 0.25) is 11.7 Å². The van der Waals surface area contributed by atoms with Crippen molar-refractivity contribution in [3.63, 3.8) is 0 Å². The average molecular weight is 545 g/mol. The number of Topliss-reactive ketones (excluding diaryl/α,β-unsaturated/α-hetero) is 1. The molecule has 35 heavy (non-hydrogen) atoms. The summed E-state index contributed by atoms with van der Waals surface area (Å²) >= 11 is 3.35. The number of ketones is 1. The summed E-state index contributed by atoms with van der Waals surface area (Å²) in [7, 11) is 0. The third-order valence-corrected chi connectivity index (χ3v) is 5.78. The fraction of sp³-hybridized carbons (Fsp3) is 0.385. The van der Waals surface area contributed by atoms with Gasteiger partial charge >= 0.3 is 6.03 Å². The van der Waals surface area contributed by atoms with Crippen molar-refractivity contribution >= 4 is 39.6 Å². The first-order chi connectivity index (χ1) is 16.7. The van der Waals surface area contributed by atoms with Crippen LogP contribution >= 0.6 is 15.9 Å². The van der Waals surface area contributed by atoms with Crippen molar-refractivity contribution in [3.8, 4) is 0 Å². The van der Waals surface area contributed by atoms with Crippen LogP contribution in [0.25, 0.3) is 0 Å². The quantitative estimate of drug-likeness (QED) is 0.306. The van der Waals surface area contributed by atoms with Crippen LogP contribution in [0.1, 0.15) is 44.7 Å². The van der Waals surface area contributed by atoms with Crippen LogP contribution in [-0.4, -0.2) is 35.7 Å². The van der Waals surface area contributed by atoms with Gasteiger partial charge in [-0.3, -0.25) is 14.4 Å². The molecule has 0 aliphatic carbocycles. The maximum atomic E-state index is 13.0. The van der Waals surface area contributed by atoms with E-state index in [9.17, 15) is 19.2 Å². The summed E-state index contributed by atoms with van der Waals surface area (Å²) in [6.45, 7) is 6.09. The summed E-state index contributed by atoms with van der Waals surface area (Å²) < 4.78 is 0.913. The molecule has 0 radical (unpaired) electrons. The standard InChI is InChI=1S/C26H33BrN4O4/c1-4-21(23(32)25(34)28-15-19-10-12-20(27)13-11-19)30-24(33)22(14-17(2)3)31-26(35)29-16-18-8-6-5-7-9-18/h5-13,17,21-22H,4,14-16H2,1-3H3,(H,28,34)(H,30,33)(H2,29,31,35). The Morgan fingerprint density at radius 3 is 2.00 bits per heavy atom. The number of carbonyl (C=O) groups excluding carboxylic acids is 4. The number of nitrogens with one attached hydrogen (secondary N) is 4. The van der Waals surface area contributed by atoms with Gasteiger partial charge in [-0.15, -0.1) is 0 Å². The Morgan fingerprint density at radius 1 is 0.800 bits per heavy atom. The normalized spacial score (nSPS) is 12.4. The largest absolute Gasteiger partial charge is 0.345 e. The fourth-order valence-electron chi connectivity index (χ4n) is 3.35. The molecule has 0 saturated heterocycles. The molecule has 0 aliphatic heterocycles. The summed E-state index contributed by atoms with van der Waals surface area (Å²) in [6.07, 6.45) is 0.621. The Morgan fingerprint density at radius 2 is 1.40 bits per heavy atom. The number of benzene rings is 2. The van der Waals surface area contributed by atoms with Crippen LogP contribution in [0, 0.1) is 5.92 Å². The highest BCUT2D eigenvalue weighted by Crippen LogP contribution is 2.10. The van der Waals surface area contributed by atoms with Gasteiger partial charge in [0.25, 0.3) is 5.91 Å². The minimum absolute atomic E-state index is 0.116. The van der Waals surface area contributed by atoms with Crippen molar-refractivity contribution < 1.29 is 19.2 Å². The zero-order valence-electron chi connectivity index (χ0n) is 20.3. The Hall–Kier alpha value is -3.20. The van der Waals surface area contributed by atoms with E-state index in [1.165, 1.54) is 0 Å². The van der Waals surface area contributed by atoms with E-state index in [0.717, 1.165) is 15.6 Å². The van der Waals surface area contributed by atoms with E-state index in [1.54, 1.807) is 6.92 Å². The zero-order valence-corrected chi connectivity index (χ0v) is 21.9. The molecule has 9 heteroatoms. The summed E-state index contributed by atoms with van der Waals surface area (Å²) in [5.74, 6) is -1.89. The Kier molecular flexibility index (Phi) is 11.4. The Balaban J connectivity index is 1.93. The fourth-order valence-corrected chi connectivity index (χ4v) is 3.61. The molecule has 8 nitrogen and oxygen atoms in total. The molecule has 0 heterocycles. The van der Waals surface area contributed by atoms with Crippen molar-refractivity contribution in [1.29, 1.82) is 0 Å². The summed E-state index contributed by atoms with van der Waals surface area (Å²) in [4.78, 5) is 50.5. The summed E-state index contributed by atoms with van der Waals surface area (Å²) in [5, 5.41) is 10.7. The predicted octanol–water partition coefficient (Wildman–Crippen LogP) is 3.44. The van der Waals surface area contributed by atoms with Gasteiger partial charge in [-0.05, 0) is 42.0 Å². The second-order valence-electron chi connectivity index (χ2n) is 8.64. The third-order valence-electron chi connectivity index (χ3n) is 5.26. The van der Waals surface area contributed by atoms with Crippen molar-refractivity contribution in [1.82, 2.24) is 21.3 Å². The molecule has 0 aliphatic rings. The van der Waals surface area contributed by atoms with Gasteiger partial charge in [0.1, 0.15) is 6.04 Å². The van der Waals surface area contributed by atoms with Gasteiger partial charge < -0.3 is 21.3 Å². The zero-order chi connectivity index (χ0) is 25.8. The lowest BCUT2D eigenvalue weighted by atomic mass is 10.0. The lowest BCUT2D eigenvalue weighted by Crippen LogP contribution is -2.55. The van der Waals surface area contributed by atoms with Crippen molar-refractivity contribution in [2.45, 2.75) is 58.8 Å². The number of halogens is 1. The second kappa shape index (κ2) is 14.3. The molecule has 0 bridgehead atoms. The van der Waals surface area contributed by atoms with E-state index in [4.69, 9.17) is 0 Å². The molecule has 0 saturated carbocycles. The van der Waals surface area contributed by atoms with Gasteiger partial charge in [-0.25, -0.2) is 4.79 Å². The molecule has 0 fully saturated rings. The minimum atomic E-state index is -0.990. The van der Waals surface area contributed by atoms with Crippen molar-refractivity contribution in [2.24, 2.45) is 5.92 Å². The molecule has 0 aromatic heterocycles. The highest BCUT2D eigenvalue weighted by molar-refractivity contribution is 9.10. The highest BCUT2D eigenvalue weighted by Gasteiger charge is 2.29. The number of hydrogen-bond donors (Lipinski definition) is 4. The van der Waals surface area contributed by atoms with Crippen LogP contribution < -0.4 is 21.3 Å². The van der Waals surface area contributed by atoms with E-state index in [2.05, 4.69) is 37.2 Å². The first-order valence-electron chi connectivity index (χ1n) is 11.6. The van der Waals surface area contributed by atoms with E-state index in [0.29, 0.717) is 13.0 Å². The van der Waals surface area contributed by atoms with Gasteiger partial charge in [0.15, 0.2) is 0 Å². The second-order valence-corrected chi connectivity index (χ2v) is 9.55. The first kappa shape index (κ1) is 28.0. The van der Waals surface area contributed by atoms with Gasteiger partial charge in [-0.2, -0.15) is 0 Å². The lowest BCUT2D eigenvalue weighted by Gasteiger charge is -2.23. The molecule has 2 rings (SSSR count). The molecule has 4 amide bonds. The van der Waals surface area contributed by atoms with Gasteiger partial charge in [0, 0.05) is 17.6 Å². The van der Waals surface area contributed by atoms with Crippen LogP contribution in [0.15, 0.2) is 59.1 Å². The number of amides is 4. The van der Waals surface area contributed by atoms with Crippen LogP contribution in [0.4, 0.5) is 4.79 Å². The first-order valence-corrected chi connectivity index (χ1v) is 12.4. The minimum Gasteiger partial charge on any atom is -0.345 e. The molecular formula is C26H33BrN4O4. The molecular weight excluding hydrogens is 512 g/mol. The number of urea groups is 1. The monoisotopic (exact) mass is 544 g/mol. The van der Waals surface area contributed by atoms with Gasteiger partial charge in [0.05, 0.1) is 6.04 Å². The SMILES string of the molecule is CCC(NC(=O)C(CC(C)C)NC(=O)NCc1ccccc1)C(=O)C(=O)NCc1ccc(Br)cc1. The molecule has 2 aromatic carbocycles. The topological polar surface area (TPSA) is 116 Å². The summed E-state index contributed by atoms with van der Waals surface area (Å²) in [5.41, 5.74) is 1.77. The molecule has 2 atom stereocenters. The van der Waals surface area contributed by atoms with Crippen molar-refractivity contribution in [2.75, 3.05) is 0 Å². The van der Waals surface area contributed by atoms with E-state index >= 15 is 0 Å². The smallest absolute Gasteiger partial charge is 0.315 e. The van der Waals surface area contributed by atoms with E-state index in [-0.39, 0.29) is 18.9 Å². The molecule has 4 N–H and O–H groups in total. The Labute approximate surface area is 214 Å². The van der Waals surface area contributed by atoms with Crippen LogP contribution in [0.2, 0.25) is 0 Å². The lowest BCUT2D eigenvalue weighted by molar-refractivity contribution is -0.140. The molecule has 0 spiro atoms. The Bertz CT molecular complexity index is 996. The third kappa shape index (κ3) is 9.90. The molecule has 2 aromatic rings. The summed E-state index contributed by atoms with van der Waals surface area (Å²) in [6, 6.07) is 14.4. The van der Waals surface area contributed by atoms with Crippen molar-refractivity contribution in [3.05, 3.63) is 70.2 Å². The average Bonchev–Trinajstić information content (AvgIpc) is 2.84. The number of hydrogen-bond acceptors (Lipinski definition) is 4. The van der Waals surface area contributed by atoms with Crippen LogP contribution in [-0.2, 0) is 27.5 Å². The van der Waals surface area contributed by atoms with E-state index in [1.807, 2.05) is 68.4 Å². The van der Waals surface area contributed by atoms with E-state index < -0.39 is 35.7 Å². The predicted molar refractivity (Wildman–Crippen MR) is 138 cm³/mol. The molecule has 188 valence electrons. The van der Waals surface area contributed by atoms with Crippen LogP contribution in [0.3, 0.4) is 0 Å². The highest BCUT2D eigenvalue weighted by atomic mass is 79.9. The van der Waals surface area contributed by atoms with Gasteiger partial charge in [-0.1, -0.05) is 79.2 Å². The van der Waals surface area contributed by atoms with Crippen LogP contribution in [0.5, 0.6) is 0 Å². The number of carbonyl (C=O) groups is 4. The number of rotatable bonds is 12. The molecule has 2 unspecified atom stereocenters. The maximum absolute atomic E-state index is 13.0.